The second-order valence-electron chi connectivity index (χ2n) is 8.43. The van der Waals surface area contributed by atoms with E-state index < -0.39 is 0 Å². The normalized spacial score (nSPS) is 18.7. The molecule has 6 nitrogen and oxygen atoms in total. The lowest BCUT2D eigenvalue weighted by Crippen LogP contribution is -2.18. The van der Waals surface area contributed by atoms with Crippen LogP contribution in [0.2, 0.25) is 0 Å². The molecule has 0 spiro atoms. The number of aromatic nitrogens is 1. The van der Waals surface area contributed by atoms with E-state index in [1.165, 1.54) is 12.8 Å². The van der Waals surface area contributed by atoms with Crippen LogP contribution >= 0.6 is 0 Å². The highest BCUT2D eigenvalue weighted by Crippen LogP contribution is 2.27. The third-order valence-electron chi connectivity index (χ3n) is 6.01. The molecule has 33 heavy (non-hydrogen) atoms. The molecule has 0 saturated heterocycles. The molecule has 1 atom stereocenters. The molecule has 1 aliphatic rings. The van der Waals surface area contributed by atoms with E-state index in [1.54, 1.807) is 18.5 Å². The molecule has 6 heteroatoms. The first-order chi connectivity index (χ1) is 15.9. The number of ether oxygens (including phenoxy) is 1. The first-order valence-electron chi connectivity index (χ1n) is 11.2. The topological polar surface area (TPSA) is 57.7 Å². The molecule has 3 rings (SSSR count). The lowest BCUT2D eigenvalue weighted by Gasteiger charge is -2.22. The fourth-order valence-corrected chi connectivity index (χ4v) is 3.86. The van der Waals surface area contributed by atoms with E-state index in [9.17, 15) is 4.79 Å². The van der Waals surface area contributed by atoms with E-state index in [0.717, 1.165) is 36.2 Å². The number of likely N-dealkylation sites (N-methyl/N-ethyl adjacent to an activating group) is 1. The summed E-state index contributed by atoms with van der Waals surface area (Å²) in [5.74, 6) is -0.118. The zero-order valence-electron chi connectivity index (χ0n) is 20.0. The van der Waals surface area contributed by atoms with Crippen molar-refractivity contribution >= 4 is 23.0 Å². The molecule has 0 aliphatic heterocycles. The second-order valence-corrected chi connectivity index (χ2v) is 8.43. The van der Waals surface area contributed by atoms with Gasteiger partial charge in [0.25, 0.3) is 0 Å². The van der Waals surface area contributed by atoms with Gasteiger partial charge in [0.2, 0.25) is 0 Å². The Morgan fingerprint density at radius 1 is 1.15 bits per heavy atom. The molecule has 1 aromatic heterocycles. The summed E-state index contributed by atoms with van der Waals surface area (Å²) in [4.78, 5) is 20.5. The summed E-state index contributed by atoms with van der Waals surface area (Å²) in [6.45, 7) is 5.01. The van der Waals surface area contributed by atoms with Crippen molar-refractivity contribution in [2.75, 3.05) is 49.9 Å². The molecule has 0 fully saturated rings. The number of benzene rings is 1. The summed E-state index contributed by atoms with van der Waals surface area (Å²) in [6.07, 6.45) is 12.9. The molecule has 1 heterocycles. The van der Waals surface area contributed by atoms with Crippen LogP contribution < -0.4 is 15.1 Å². The molecular weight excluding hydrogens is 412 g/mol. The second kappa shape index (κ2) is 11.4. The van der Waals surface area contributed by atoms with Gasteiger partial charge in [-0.3, -0.25) is 4.98 Å². The maximum atomic E-state index is 12.0. The van der Waals surface area contributed by atoms with Crippen LogP contribution in [0.4, 0.5) is 17.1 Å². The van der Waals surface area contributed by atoms with Crippen LogP contribution in [-0.4, -0.2) is 45.8 Å². The summed E-state index contributed by atoms with van der Waals surface area (Å²) in [5, 5.41) is 3.38. The Hall–Kier alpha value is -3.54. The van der Waals surface area contributed by atoms with E-state index in [0.29, 0.717) is 17.8 Å². The van der Waals surface area contributed by atoms with Gasteiger partial charge in [0.15, 0.2) is 0 Å². The van der Waals surface area contributed by atoms with E-state index in [1.807, 2.05) is 14.1 Å². The summed E-state index contributed by atoms with van der Waals surface area (Å²) >= 11 is 0. The van der Waals surface area contributed by atoms with Gasteiger partial charge < -0.3 is 19.9 Å². The van der Waals surface area contributed by atoms with Gasteiger partial charge in [-0.15, -0.1) is 0 Å². The summed E-state index contributed by atoms with van der Waals surface area (Å²) in [6, 6.07) is 10.2. The average molecular weight is 447 g/mol. The molecule has 2 aromatic rings. The summed E-state index contributed by atoms with van der Waals surface area (Å²) in [7, 11) is 7.57. The van der Waals surface area contributed by atoms with Crippen molar-refractivity contribution in [3.8, 4) is 0 Å². The Morgan fingerprint density at radius 3 is 2.58 bits per heavy atom. The number of carbonyl (C=O) groups excluding carboxylic acids is 1. The van der Waals surface area contributed by atoms with Crippen molar-refractivity contribution in [3.05, 3.63) is 84.4 Å². The molecule has 0 unspecified atom stereocenters. The Balaban J connectivity index is 1.68. The van der Waals surface area contributed by atoms with Crippen LogP contribution in [0.1, 0.15) is 29.6 Å². The Labute approximate surface area is 197 Å². The minimum Gasteiger partial charge on any atom is -0.465 e. The first kappa shape index (κ1) is 24.1. The van der Waals surface area contributed by atoms with Crippen LogP contribution in [0.25, 0.3) is 0 Å². The minimum absolute atomic E-state index is 0.254. The van der Waals surface area contributed by atoms with Crippen LogP contribution in [-0.2, 0) is 4.74 Å². The summed E-state index contributed by atoms with van der Waals surface area (Å²) < 4.78 is 4.88. The Bertz CT molecular complexity index is 1020. The molecule has 1 N–H and O–H groups in total. The first-order valence-corrected chi connectivity index (χ1v) is 11.2. The number of hydrogen-bond donors (Lipinski definition) is 1. The third kappa shape index (κ3) is 6.25. The van der Waals surface area contributed by atoms with Crippen LogP contribution in [0.5, 0.6) is 0 Å². The smallest absolute Gasteiger partial charge is 0.340 e. The maximum Gasteiger partial charge on any atom is 0.340 e. The lowest BCUT2D eigenvalue weighted by molar-refractivity contribution is 0.0601. The fourth-order valence-electron chi connectivity index (χ4n) is 3.86. The number of nitrogens with one attached hydrogen (secondary N) is 1. The fraction of sp³-hybridized carbons (Fsp3) is 0.333. The van der Waals surface area contributed by atoms with Gasteiger partial charge in [-0.1, -0.05) is 24.3 Å². The van der Waals surface area contributed by atoms with Gasteiger partial charge in [0, 0.05) is 56.9 Å². The van der Waals surface area contributed by atoms with Crippen LogP contribution in [0, 0.1) is 5.92 Å². The predicted molar refractivity (Wildman–Crippen MR) is 137 cm³/mol. The standard InChI is InChI=1S/C27H34N4O2/c1-20-10-11-23(31(4)24-14-12-22(13-15-24)30(2)3)9-7-6-8-21(20)18-29-26-19-28-17-16-25(26)27(32)33-5/h9-17,19,21,29H,1,6-8,18H2,2-5H3/b11-10-,23-9+/t21-/m1/s1. The largest absolute Gasteiger partial charge is 0.465 e. The van der Waals surface area contributed by atoms with Crippen molar-refractivity contribution in [3.63, 3.8) is 0 Å². The third-order valence-corrected chi connectivity index (χ3v) is 6.01. The van der Waals surface area contributed by atoms with Gasteiger partial charge in [-0.25, -0.2) is 4.79 Å². The van der Waals surface area contributed by atoms with Crippen molar-refractivity contribution in [1.29, 1.82) is 0 Å². The quantitative estimate of drug-likeness (QED) is 0.584. The highest BCUT2D eigenvalue weighted by atomic mass is 16.5. The zero-order chi connectivity index (χ0) is 23.8. The number of rotatable bonds is 7. The number of anilines is 3. The van der Waals surface area contributed by atoms with Crippen molar-refractivity contribution < 1.29 is 9.53 Å². The van der Waals surface area contributed by atoms with Crippen LogP contribution in [0.3, 0.4) is 0 Å². The average Bonchev–Trinajstić information content (AvgIpc) is 2.92. The number of carbonyl (C=O) groups is 1. The molecule has 0 radical (unpaired) electrons. The van der Waals surface area contributed by atoms with Gasteiger partial charge in [0.1, 0.15) is 0 Å². The molecule has 174 valence electrons. The molecule has 0 bridgehead atoms. The van der Waals surface area contributed by atoms with Crippen LogP contribution in [0.15, 0.2) is 78.8 Å². The van der Waals surface area contributed by atoms with Gasteiger partial charge >= 0.3 is 5.97 Å². The lowest BCUT2D eigenvalue weighted by atomic mass is 9.94. The molecule has 0 amide bonds. The molecular formula is C27H34N4O2. The monoisotopic (exact) mass is 446 g/mol. The van der Waals surface area contributed by atoms with E-state index in [2.05, 4.69) is 76.2 Å². The zero-order valence-corrected chi connectivity index (χ0v) is 20.0. The number of allylic oxidation sites excluding steroid dienone is 3. The molecule has 1 aromatic carbocycles. The molecule has 1 aliphatic carbocycles. The summed E-state index contributed by atoms with van der Waals surface area (Å²) in [5.41, 5.74) is 5.71. The number of methoxy groups -OCH3 is 1. The Kier molecular flexibility index (Phi) is 8.30. The van der Waals surface area contributed by atoms with E-state index in [4.69, 9.17) is 4.74 Å². The number of nitrogens with zero attached hydrogens (tertiary/aromatic N) is 3. The number of hydrogen-bond acceptors (Lipinski definition) is 6. The number of esters is 1. The SMILES string of the molecule is C=C1/C=C\C(N(C)c2ccc(N(C)C)cc2)=C/CCC[C@@H]1CNc1cnccc1C(=O)OC. The van der Waals surface area contributed by atoms with Gasteiger partial charge in [-0.05, 0) is 55.7 Å². The number of pyridine rings is 1. The van der Waals surface area contributed by atoms with E-state index >= 15 is 0 Å². The van der Waals surface area contributed by atoms with Crippen molar-refractivity contribution in [1.82, 2.24) is 4.98 Å². The highest BCUT2D eigenvalue weighted by molar-refractivity contribution is 5.95. The van der Waals surface area contributed by atoms with E-state index in [-0.39, 0.29) is 11.9 Å². The highest BCUT2D eigenvalue weighted by Gasteiger charge is 2.16. The Morgan fingerprint density at radius 2 is 1.88 bits per heavy atom. The maximum absolute atomic E-state index is 12.0. The predicted octanol–water partition coefficient (Wildman–Crippen LogP) is 5.28. The minimum atomic E-state index is -0.372. The van der Waals surface area contributed by atoms with Crippen molar-refractivity contribution in [2.24, 2.45) is 5.92 Å². The van der Waals surface area contributed by atoms with Gasteiger partial charge in [0.05, 0.1) is 24.6 Å². The van der Waals surface area contributed by atoms with Crippen molar-refractivity contribution in [2.45, 2.75) is 19.3 Å². The molecule has 0 saturated carbocycles. The van der Waals surface area contributed by atoms with Gasteiger partial charge in [-0.2, -0.15) is 0 Å².